The molecule has 1 aromatic carbocycles. The number of likely N-dealkylation sites (tertiary alicyclic amines) is 1. The van der Waals surface area contributed by atoms with Gasteiger partial charge in [0.2, 0.25) is 0 Å². The highest BCUT2D eigenvalue weighted by atomic mass is 35.5. The second-order valence-corrected chi connectivity index (χ2v) is 6.59. The third-order valence-electron chi connectivity index (χ3n) is 4.60. The summed E-state index contributed by atoms with van der Waals surface area (Å²) in [7, 11) is 0. The highest BCUT2D eigenvalue weighted by molar-refractivity contribution is 6.30. The molecule has 1 aromatic heterocycles. The number of nitrogens with zero attached hydrogens (tertiary/aromatic N) is 2. The van der Waals surface area contributed by atoms with Crippen molar-refractivity contribution in [3.63, 3.8) is 0 Å². The third-order valence-corrected chi connectivity index (χ3v) is 4.88. The number of carbonyl (C=O) groups is 1. The van der Waals surface area contributed by atoms with Gasteiger partial charge in [-0.2, -0.15) is 0 Å². The van der Waals surface area contributed by atoms with Crippen LogP contribution in [0.15, 0.2) is 36.5 Å². The zero-order chi connectivity index (χ0) is 17.9. The number of halogens is 1. The summed E-state index contributed by atoms with van der Waals surface area (Å²) in [5.74, 6) is 1.84. The first-order valence-corrected chi connectivity index (χ1v) is 9.02. The number of pyridine rings is 1. The monoisotopic (exact) mass is 374 g/mol. The Labute approximate surface area is 156 Å². The van der Waals surface area contributed by atoms with Crippen molar-refractivity contribution in [1.29, 1.82) is 0 Å². The van der Waals surface area contributed by atoms with E-state index in [2.05, 4.69) is 4.98 Å². The third kappa shape index (κ3) is 3.42. The molecule has 0 bridgehead atoms. The molecule has 1 atom stereocenters. The maximum Gasteiger partial charge on any atom is 0.261 e. The van der Waals surface area contributed by atoms with E-state index in [0.717, 1.165) is 29.9 Å². The fourth-order valence-corrected chi connectivity index (χ4v) is 3.55. The topological polar surface area (TPSA) is 60.9 Å². The standard InChI is InChI=1S/C19H19ClN2O4/c20-19-16(4-1-7-21-19)26-12-18(23)22-8-2-3-14(22)13-5-6-15-17(11-13)25-10-9-24-15/h1,4-7,11,14H,2-3,8-10,12H2. The number of carbonyl (C=O) groups excluding carboxylic acids is 1. The molecule has 1 amide bonds. The van der Waals surface area contributed by atoms with Gasteiger partial charge in [-0.25, -0.2) is 4.98 Å². The van der Waals surface area contributed by atoms with Gasteiger partial charge in [-0.1, -0.05) is 17.7 Å². The molecule has 0 spiro atoms. The zero-order valence-corrected chi connectivity index (χ0v) is 14.9. The maximum absolute atomic E-state index is 12.7. The Morgan fingerprint density at radius 3 is 2.96 bits per heavy atom. The molecule has 0 radical (unpaired) electrons. The van der Waals surface area contributed by atoms with Crippen LogP contribution in [0.25, 0.3) is 0 Å². The van der Waals surface area contributed by atoms with E-state index in [1.807, 2.05) is 23.1 Å². The number of ether oxygens (including phenoxy) is 3. The highest BCUT2D eigenvalue weighted by Crippen LogP contribution is 2.38. The Bertz CT molecular complexity index is 814. The Kier molecular flexibility index (Phi) is 4.84. The largest absolute Gasteiger partial charge is 0.486 e. The maximum atomic E-state index is 12.7. The van der Waals surface area contributed by atoms with Crippen molar-refractivity contribution < 1.29 is 19.0 Å². The lowest BCUT2D eigenvalue weighted by Gasteiger charge is -2.26. The van der Waals surface area contributed by atoms with E-state index in [1.165, 1.54) is 0 Å². The Hall–Kier alpha value is -2.47. The summed E-state index contributed by atoms with van der Waals surface area (Å²) >= 11 is 5.97. The van der Waals surface area contributed by atoms with E-state index in [-0.39, 0.29) is 23.7 Å². The molecule has 1 unspecified atom stereocenters. The van der Waals surface area contributed by atoms with Gasteiger partial charge >= 0.3 is 0 Å². The minimum atomic E-state index is -0.0673. The quantitative estimate of drug-likeness (QED) is 0.769. The molecule has 2 aliphatic rings. The molecule has 7 heteroatoms. The van der Waals surface area contributed by atoms with Crippen LogP contribution in [0.3, 0.4) is 0 Å². The molecule has 0 saturated carbocycles. The average molecular weight is 375 g/mol. The Balaban J connectivity index is 1.46. The summed E-state index contributed by atoms with van der Waals surface area (Å²) in [5.41, 5.74) is 1.06. The molecule has 136 valence electrons. The van der Waals surface area contributed by atoms with Crippen molar-refractivity contribution in [1.82, 2.24) is 9.88 Å². The summed E-state index contributed by atoms with van der Waals surface area (Å²) in [6.45, 7) is 1.76. The highest BCUT2D eigenvalue weighted by Gasteiger charge is 2.31. The SMILES string of the molecule is O=C(COc1cccnc1Cl)N1CCCC1c1ccc2c(c1)OCCO2. The molecule has 4 rings (SSSR count). The van der Waals surface area contributed by atoms with Gasteiger partial charge < -0.3 is 19.1 Å². The van der Waals surface area contributed by atoms with Crippen LogP contribution in [0.4, 0.5) is 0 Å². The first-order chi connectivity index (χ1) is 12.7. The van der Waals surface area contributed by atoms with E-state index in [1.54, 1.807) is 18.3 Å². The molecule has 2 aliphatic heterocycles. The summed E-state index contributed by atoms with van der Waals surface area (Å²) < 4.78 is 16.8. The van der Waals surface area contributed by atoms with Gasteiger partial charge in [0.15, 0.2) is 29.0 Å². The normalized spacial score (nSPS) is 18.7. The molecular weight excluding hydrogens is 356 g/mol. The lowest BCUT2D eigenvalue weighted by atomic mass is 10.0. The first kappa shape index (κ1) is 17.0. The predicted molar refractivity (Wildman–Crippen MR) is 95.9 cm³/mol. The van der Waals surface area contributed by atoms with Gasteiger partial charge in [0.05, 0.1) is 6.04 Å². The Morgan fingerprint density at radius 2 is 2.12 bits per heavy atom. The molecular formula is C19H19ClN2O4. The van der Waals surface area contributed by atoms with Crippen molar-refractivity contribution in [2.24, 2.45) is 0 Å². The second kappa shape index (κ2) is 7.41. The predicted octanol–water partition coefficient (Wildman–Crippen LogP) is 3.25. The van der Waals surface area contributed by atoms with Crippen LogP contribution in [0.1, 0.15) is 24.4 Å². The van der Waals surface area contributed by atoms with Crippen molar-refractivity contribution in [2.45, 2.75) is 18.9 Å². The molecule has 1 saturated heterocycles. The van der Waals surface area contributed by atoms with Gasteiger partial charge in [0.25, 0.3) is 5.91 Å². The second-order valence-electron chi connectivity index (χ2n) is 6.23. The molecule has 3 heterocycles. The van der Waals surface area contributed by atoms with Gasteiger partial charge in [-0.05, 0) is 42.7 Å². The number of rotatable bonds is 4. The van der Waals surface area contributed by atoms with Crippen molar-refractivity contribution in [3.8, 4) is 17.2 Å². The van der Waals surface area contributed by atoms with Crippen LogP contribution in [0, 0.1) is 0 Å². The van der Waals surface area contributed by atoms with E-state index < -0.39 is 0 Å². The minimum Gasteiger partial charge on any atom is -0.486 e. The summed E-state index contributed by atoms with van der Waals surface area (Å²) in [6.07, 6.45) is 3.45. The number of hydrogen-bond acceptors (Lipinski definition) is 5. The molecule has 26 heavy (non-hydrogen) atoms. The lowest BCUT2D eigenvalue weighted by molar-refractivity contribution is -0.134. The minimum absolute atomic E-state index is 0.0197. The van der Waals surface area contributed by atoms with Gasteiger partial charge in [0.1, 0.15) is 13.2 Å². The van der Waals surface area contributed by atoms with Crippen molar-refractivity contribution >= 4 is 17.5 Å². The zero-order valence-electron chi connectivity index (χ0n) is 14.2. The van der Waals surface area contributed by atoms with E-state index in [0.29, 0.717) is 25.5 Å². The van der Waals surface area contributed by atoms with Crippen molar-refractivity contribution in [2.75, 3.05) is 26.4 Å². The number of aromatic nitrogens is 1. The number of hydrogen-bond donors (Lipinski definition) is 0. The smallest absolute Gasteiger partial charge is 0.261 e. The van der Waals surface area contributed by atoms with Crippen LogP contribution in [-0.2, 0) is 4.79 Å². The van der Waals surface area contributed by atoms with Gasteiger partial charge in [-0.15, -0.1) is 0 Å². The fourth-order valence-electron chi connectivity index (χ4n) is 3.38. The average Bonchev–Trinajstić information content (AvgIpc) is 3.17. The fraction of sp³-hybridized carbons (Fsp3) is 0.368. The van der Waals surface area contributed by atoms with Gasteiger partial charge in [0, 0.05) is 12.7 Å². The molecule has 0 N–H and O–H groups in total. The summed E-state index contributed by atoms with van der Waals surface area (Å²) in [5, 5.41) is 0.255. The van der Waals surface area contributed by atoms with Crippen molar-refractivity contribution in [3.05, 3.63) is 47.2 Å². The number of benzene rings is 1. The van der Waals surface area contributed by atoms with E-state index >= 15 is 0 Å². The summed E-state index contributed by atoms with van der Waals surface area (Å²) in [6, 6.07) is 9.33. The van der Waals surface area contributed by atoms with Crippen LogP contribution in [0.5, 0.6) is 17.2 Å². The van der Waals surface area contributed by atoms with Gasteiger partial charge in [-0.3, -0.25) is 4.79 Å². The van der Waals surface area contributed by atoms with Crippen LogP contribution in [0.2, 0.25) is 5.15 Å². The number of amides is 1. The van der Waals surface area contributed by atoms with E-state index in [4.69, 9.17) is 25.8 Å². The van der Waals surface area contributed by atoms with Crippen LogP contribution < -0.4 is 14.2 Å². The molecule has 2 aromatic rings. The first-order valence-electron chi connectivity index (χ1n) is 8.65. The van der Waals surface area contributed by atoms with E-state index in [9.17, 15) is 4.79 Å². The molecule has 1 fully saturated rings. The van der Waals surface area contributed by atoms with Crippen LogP contribution >= 0.6 is 11.6 Å². The summed E-state index contributed by atoms with van der Waals surface area (Å²) in [4.78, 5) is 18.5. The molecule has 6 nitrogen and oxygen atoms in total. The Morgan fingerprint density at radius 1 is 1.27 bits per heavy atom. The van der Waals surface area contributed by atoms with Crippen LogP contribution in [-0.4, -0.2) is 42.2 Å². The lowest BCUT2D eigenvalue weighted by Crippen LogP contribution is -2.34. The number of fused-ring (bicyclic) bond motifs is 1. The molecule has 0 aliphatic carbocycles.